The molecule has 0 fully saturated rings. The number of hydrogen-bond acceptors (Lipinski definition) is 2. The van der Waals surface area contributed by atoms with Gasteiger partial charge in [-0.1, -0.05) is 244 Å². The van der Waals surface area contributed by atoms with Crippen LogP contribution in [0.3, 0.4) is 0 Å². The van der Waals surface area contributed by atoms with E-state index < -0.39 is 16.1 Å². The number of nitrogens with zero attached hydrogens (tertiary/aromatic N) is 2. The van der Waals surface area contributed by atoms with E-state index in [9.17, 15) is 0 Å². The molecule has 0 saturated carbocycles. The highest BCUT2D eigenvalue weighted by Crippen LogP contribution is 2.52. The second-order valence-electron chi connectivity index (χ2n) is 21.1. The number of para-hydroxylation sites is 3. The molecule has 3 aliphatic rings. The summed E-state index contributed by atoms with van der Waals surface area (Å²) >= 11 is 0. The Morgan fingerprint density at radius 3 is 1.11 bits per heavy atom. The zero-order valence-electron chi connectivity index (χ0n) is 42.0. The van der Waals surface area contributed by atoms with Crippen LogP contribution in [0.2, 0.25) is 0 Å². The molecule has 4 heteroatoms. The van der Waals surface area contributed by atoms with E-state index in [0.29, 0.717) is 0 Å². The van der Waals surface area contributed by atoms with Gasteiger partial charge in [0.15, 0.2) is 16.1 Å². The van der Waals surface area contributed by atoms with Crippen molar-refractivity contribution in [3.63, 3.8) is 0 Å². The van der Waals surface area contributed by atoms with Gasteiger partial charge in [0.05, 0.1) is 0 Å². The summed E-state index contributed by atoms with van der Waals surface area (Å²) in [5.41, 5.74) is 12.6. The highest BCUT2D eigenvalue weighted by atomic mass is 28.3. The lowest BCUT2D eigenvalue weighted by Crippen LogP contribution is -2.77. The fraction of sp³-hybridized carbons (Fsp3) is 0.0423. The molecule has 12 aromatic rings. The molecule has 0 amide bonds. The van der Waals surface area contributed by atoms with E-state index in [4.69, 9.17) is 0 Å². The predicted molar refractivity (Wildman–Crippen MR) is 323 cm³/mol. The van der Waals surface area contributed by atoms with Crippen LogP contribution in [0, 0.1) is 0 Å². The van der Waals surface area contributed by atoms with Gasteiger partial charge in [0, 0.05) is 39.5 Å². The third-order valence-corrected chi connectivity index (χ3v) is 26.8. The van der Waals surface area contributed by atoms with Gasteiger partial charge in [-0.3, -0.25) is 0 Å². The van der Waals surface area contributed by atoms with Gasteiger partial charge in [-0.25, -0.2) is 0 Å². The Hall–Kier alpha value is -8.81. The van der Waals surface area contributed by atoms with E-state index in [1.54, 1.807) is 0 Å². The lowest BCUT2D eigenvalue weighted by molar-refractivity contribution is 0.660. The molecule has 2 heterocycles. The Morgan fingerprint density at radius 2 is 0.653 bits per heavy atom. The summed E-state index contributed by atoms with van der Waals surface area (Å²) in [4.78, 5) is 5.11. The Bertz CT molecular complexity index is 4100. The minimum atomic E-state index is -2.90. The largest absolute Gasteiger partial charge is 0.311 e. The van der Waals surface area contributed by atoms with Gasteiger partial charge >= 0.3 is 0 Å². The second kappa shape index (κ2) is 16.6. The maximum absolute atomic E-state index is 2.90. The van der Waals surface area contributed by atoms with Crippen molar-refractivity contribution >= 4 is 113 Å². The van der Waals surface area contributed by atoms with E-state index >= 15 is 0 Å². The topological polar surface area (TPSA) is 6.48 Å². The van der Waals surface area contributed by atoms with Crippen molar-refractivity contribution in [1.82, 2.24) is 0 Å². The van der Waals surface area contributed by atoms with E-state index in [0.717, 1.165) is 11.4 Å². The smallest absolute Gasteiger partial charge is 0.184 e. The highest BCUT2D eigenvalue weighted by molar-refractivity contribution is 7.22. The standard InChI is InChI=1S/C71H52N2Si2/c1-71(2)61-32-16-15-31-59(61)60-47-70-66(48-62(60)71)73(65-35-19-22-38-69(65)75(70,55-27-11-5-12-28-55)56-29-13-6-14-30-56)52-42-44-58-50(46-52)40-39-49-45-51(41-43-57(49)58)72-63-33-17-20-36-67(63)74(53-23-7-3-8-24-53,54-25-9-4-10-26-54)68-37-21-18-34-64(68)72/h3-48H,1-2H3. The van der Waals surface area contributed by atoms with Crippen LogP contribution in [0.5, 0.6) is 0 Å². The average molecular weight is 989 g/mol. The van der Waals surface area contributed by atoms with Gasteiger partial charge in [0.2, 0.25) is 0 Å². The van der Waals surface area contributed by atoms with Gasteiger partial charge < -0.3 is 9.80 Å². The first-order valence-electron chi connectivity index (χ1n) is 26.3. The molecule has 0 aromatic heterocycles. The first kappa shape index (κ1) is 43.7. The summed E-state index contributed by atoms with van der Waals surface area (Å²) in [7, 11) is -5.62. The number of rotatable bonds is 6. The average Bonchev–Trinajstić information content (AvgIpc) is 3.73. The van der Waals surface area contributed by atoms with E-state index in [-0.39, 0.29) is 5.41 Å². The SMILES string of the molecule is CC1(C)c2ccccc2-c2cc3c(cc21)N(c1ccc2c(ccc4cc(N5c6ccccc6[Si](c6ccccc6)(c6ccccc6)c6ccccc65)ccc42)c1)c1ccccc1[Si]3(c1ccccc1)c1ccccc1. The van der Waals surface area contributed by atoms with Crippen molar-refractivity contribution in [2.45, 2.75) is 19.3 Å². The molecule has 354 valence electrons. The van der Waals surface area contributed by atoms with Crippen molar-refractivity contribution in [2.75, 3.05) is 9.80 Å². The summed E-state index contributed by atoms with van der Waals surface area (Å²) in [5, 5.41) is 16.1. The van der Waals surface area contributed by atoms with Crippen molar-refractivity contribution < 1.29 is 0 Å². The lowest BCUT2D eigenvalue weighted by atomic mass is 9.82. The van der Waals surface area contributed by atoms with Gasteiger partial charge in [-0.2, -0.15) is 0 Å². The van der Waals surface area contributed by atoms with Crippen molar-refractivity contribution in [2.24, 2.45) is 0 Å². The Balaban J connectivity index is 0.906. The predicted octanol–water partition coefficient (Wildman–Crippen LogP) is 12.6. The maximum Gasteiger partial charge on any atom is 0.184 e. The summed E-state index contributed by atoms with van der Waals surface area (Å²) < 4.78 is 0. The molecular formula is C71H52N2Si2. The fourth-order valence-corrected chi connectivity index (χ4v) is 24.1. The number of hydrogen-bond donors (Lipinski definition) is 0. The third-order valence-electron chi connectivity index (χ3n) is 17.1. The van der Waals surface area contributed by atoms with E-state index in [1.165, 1.54) is 108 Å². The molecule has 15 rings (SSSR count). The summed E-state index contributed by atoms with van der Waals surface area (Å²) in [6.07, 6.45) is 0. The molecule has 2 aliphatic heterocycles. The van der Waals surface area contributed by atoms with Gasteiger partial charge in [-0.15, -0.1) is 0 Å². The van der Waals surface area contributed by atoms with Crippen LogP contribution in [0.1, 0.15) is 25.0 Å². The molecule has 0 spiro atoms. The summed E-state index contributed by atoms with van der Waals surface area (Å²) in [5.74, 6) is 0. The molecule has 1 aliphatic carbocycles. The zero-order chi connectivity index (χ0) is 49.9. The van der Waals surface area contributed by atoms with Crippen LogP contribution < -0.4 is 51.3 Å². The maximum atomic E-state index is 2.62. The Kier molecular flexibility index (Phi) is 9.69. The molecule has 2 nitrogen and oxygen atoms in total. The molecule has 0 unspecified atom stereocenters. The quantitative estimate of drug-likeness (QED) is 0.121. The van der Waals surface area contributed by atoms with Gasteiger partial charge in [0.1, 0.15) is 0 Å². The monoisotopic (exact) mass is 988 g/mol. The van der Waals surface area contributed by atoms with Gasteiger partial charge in [-0.05, 0) is 134 Å². The van der Waals surface area contributed by atoms with E-state index in [1.807, 2.05) is 0 Å². The third kappa shape index (κ3) is 6.12. The molecule has 0 atom stereocenters. The summed E-state index contributed by atoms with van der Waals surface area (Å²) in [6.45, 7) is 4.81. The summed E-state index contributed by atoms with van der Waals surface area (Å²) in [6, 6.07) is 106. The van der Waals surface area contributed by atoms with Crippen LogP contribution >= 0.6 is 0 Å². The molecule has 0 saturated heterocycles. The van der Waals surface area contributed by atoms with Gasteiger partial charge in [0.25, 0.3) is 0 Å². The normalized spacial score (nSPS) is 15.1. The Labute approximate surface area is 441 Å². The lowest BCUT2D eigenvalue weighted by Gasteiger charge is -2.45. The first-order chi connectivity index (χ1) is 37.0. The minimum Gasteiger partial charge on any atom is -0.311 e. The minimum absolute atomic E-state index is 0.165. The zero-order valence-corrected chi connectivity index (χ0v) is 44.0. The van der Waals surface area contributed by atoms with Crippen molar-refractivity contribution in [3.8, 4) is 11.1 Å². The number of anilines is 6. The van der Waals surface area contributed by atoms with Crippen molar-refractivity contribution in [1.29, 1.82) is 0 Å². The number of benzene rings is 12. The molecule has 75 heavy (non-hydrogen) atoms. The van der Waals surface area contributed by atoms with Crippen LogP contribution in [-0.4, -0.2) is 16.1 Å². The highest BCUT2D eigenvalue weighted by Gasteiger charge is 2.51. The molecular weight excluding hydrogens is 937 g/mol. The Morgan fingerprint density at radius 1 is 0.280 bits per heavy atom. The first-order valence-corrected chi connectivity index (χ1v) is 30.3. The number of fused-ring (bicyclic) bond motifs is 10. The van der Waals surface area contributed by atoms with Crippen LogP contribution in [0.15, 0.2) is 279 Å². The van der Waals surface area contributed by atoms with Crippen LogP contribution in [0.25, 0.3) is 32.7 Å². The fourth-order valence-electron chi connectivity index (χ4n) is 13.9. The molecule has 12 aromatic carbocycles. The molecule has 0 radical (unpaired) electrons. The molecule has 0 bridgehead atoms. The van der Waals surface area contributed by atoms with Crippen LogP contribution in [-0.2, 0) is 5.41 Å². The van der Waals surface area contributed by atoms with Crippen LogP contribution in [0.4, 0.5) is 34.1 Å². The van der Waals surface area contributed by atoms with E-state index in [2.05, 4.69) is 303 Å². The molecule has 0 N–H and O–H groups in total. The second-order valence-corrected chi connectivity index (χ2v) is 28.6. The van der Waals surface area contributed by atoms with Crippen molar-refractivity contribution in [3.05, 3.63) is 290 Å².